The number of rotatable bonds is 1. The van der Waals surface area contributed by atoms with Crippen LogP contribution in [0.5, 0.6) is 0 Å². The molecule has 52 valence electrons. The van der Waals surface area contributed by atoms with Crippen molar-refractivity contribution in [2.45, 2.75) is 40.7 Å². The van der Waals surface area contributed by atoms with Gasteiger partial charge in [-0.05, 0) is 12.8 Å². The van der Waals surface area contributed by atoms with Gasteiger partial charge >= 0.3 is 0 Å². The Labute approximate surface area is 53.3 Å². The first kappa shape index (κ1) is 10.9. The Morgan fingerprint density at radius 3 is 1.12 bits per heavy atom. The van der Waals surface area contributed by atoms with Gasteiger partial charge in [0.05, 0.1) is 0 Å². The van der Waals surface area contributed by atoms with E-state index in [1.54, 1.807) is 0 Å². The Balaban J connectivity index is 0. The van der Waals surface area contributed by atoms with E-state index < -0.39 is 0 Å². The second-order valence-electron chi connectivity index (χ2n) is 2.10. The summed E-state index contributed by atoms with van der Waals surface area (Å²) in [6, 6.07) is 0.352. The van der Waals surface area contributed by atoms with E-state index in [1.807, 2.05) is 20.8 Å². The third kappa shape index (κ3) is 9.35. The van der Waals surface area contributed by atoms with Gasteiger partial charge in [0.2, 0.25) is 0 Å². The molecule has 0 aromatic heterocycles. The molecule has 0 heterocycles. The van der Waals surface area contributed by atoms with E-state index >= 15 is 0 Å². The fourth-order valence-electron chi connectivity index (χ4n) is 0. The van der Waals surface area contributed by atoms with Crippen molar-refractivity contribution in [2.75, 3.05) is 0 Å². The van der Waals surface area contributed by atoms with Crippen LogP contribution in [0.15, 0.2) is 0 Å². The van der Waals surface area contributed by atoms with Crippen molar-refractivity contribution in [1.29, 1.82) is 0 Å². The van der Waals surface area contributed by atoms with Crippen molar-refractivity contribution >= 4 is 0 Å². The Hall–Kier alpha value is -0.0400. The fourth-order valence-corrected chi connectivity index (χ4v) is 0. The minimum Gasteiger partial charge on any atom is -0.328 e. The van der Waals surface area contributed by atoms with Crippen LogP contribution in [-0.2, 0) is 0 Å². The van der Waals surface area contributed by atoms with E-state index in [1.165, 1.54) is 0 Å². The molecule has 8 heavy (non-hydrogen) atoms. The standard InChI is InChI=1S/C5H13N.C2H6/c1-4(2)5(3)6;1-2/h4-5H,6H2,1-3H3;1-2H3/t5-;/m1./s1. The summed E-state index contributed by atoms with van der Waals surface area (Å²) in [7, 11) is 0. The Morgan fingerprint density at radius 1 is 1.00 bits per heavy atom. The van der Waals surface area contributed by atoms with Crippen molar-refractivity contribution in [1.82, 2.24) is 0 Å². The molecular formula is C7H19N. The van der Waals surface area contributed by atoms with E-state index in [2.05, 4.69) is 13.8 Å². The van der Waals surface area contributed by atoms with Crippen LogP contribution in [0.3, 0.4) is 0 Å². The smallest absolute Gasteiger partial charge is 0.00334 e. The molecule has 0 saturated carbocycles. The summed E-state index contributed by atoms with van der Waals surface area (Å²) in [4.78, 5) is 0. The lowest BCUT2D eigenvalue weighted by Crippen LogP contribution is -2.21. The Kier molecular flexibility index (Phi) is 9.44. The molecule has 0 amide bonds. The largest absolute Gasteiger partial charge is 0.328 e. The Morgan fingerprint density at radius 2 is 1.12 bits per heavy atom. The maximum atomic E-state index is 5.44. The summed E-state index contributed by atoms with van der Waals surface area (Å²) in [6.07, 6.45) is 0. The molecule has 1 nitrogen and oxygen atoms in total. The van der Waals surface area contributed by atoms with E-state index in [4.69, 9.17) is 5.73 Å². The van der Waals surface area contributed by atoms with Crippen molar-refractivity contribution in [3.8, 4) is 0 Å². The van der Waals surface area contributed by atoms with Crippen molar-refractivity contribution in [3.63, 3.8) is 0 Å². The van der Waals surface area contributed by atoms with Gasteiger partial charge in [0.1, 0.15) is 0 Å². The number of hydrogen-bond donors (Lipinski definition) is 1. The average molecular weight is 117 g/mol. The second-order valence-corrected chi connectivity index (χ2v) is 2.10. The van der Waals surface area contributed by atoms with E-state index in [0.717, 1.165) is 0 Å². The van der Waals surface area contributed by atoms with Gasteiger partial charge in [-0.25, -0.2) is 0 Å². The molecule has 0 spiro atoms. The first-order valence-electron chi connectivity index (χ1n) is 3.40. The van der Waals surface area contributed by atoms with Crippen LogP contribution in [-0.4, -0.2) is 6.04 Å². The molecule has 2 N–H and O–H groups in total. The minimum atomic E-state index is 0.352. The van der Waals surface area contributed by atoms with Gasteiger partial charge < -0.3 is 5.73 Å². The monoisotopic (exact) mass is 117 g/mol. The van der Waals surface area contributed by atoms with Gasteiger partial charge in [0.25, 0.3) is 0 Å². The lowest BCUT2D eigenvalue weighted by Gasteiger charge is -2.05. The first-order chi connectivity index (χ1) is 3.64. The summed E-state index contributed by atoms with van der Waals surface area (Å²) in [5.74, 6) is 0.630. The Bertz CT molecular complexity index is 25.4. The van der Waals surface area contributed by atoms with E-state index in [-0.39, 0.29) is 0 Å². The SMILES string of the molecule is CC.CC(C)[C@@H](C)N. The van der Waals surface area contributed by atoms with Gasteiger partial charge in [-0.1, -0.05) is 27.7 Å². The highest BCUT2D eigenvalue weighted by Gasteiger charge is 1.95. The molecule has 0 aliphatic carbocycles. The van der Waals surface area contributed by atoms with Crippen LogP contribution < -0.4 is 5.73 Å². The summed E-state index contributed by atoms with van der Waals surface area (Å²) < 4.78 is 0. The predicted octanol–water partition coefficient (Wildman–Crippen LogP) is 2.02. The van der Waals surface area contributed by atoms with Crippen LogP contribution in [0, 0.1) is 5.92 Å². The second kappa shape index (κ2) is 6.96. The third-order valence-electron chi connectivity index (χ3n) is 1.05. The predicted molar refractivity (Wildman–Crippen MR) is 39.8 cm³/mol. The van der Waals surface area contributed by atoms with Crippen LogP contribution in [0.25, 0.3) is 0 Å². The van der Waals surface area contributed by atoms with Gasteiger partial charge in [0, 0.05) is 6.04 Å². The molecule has 0 aliphatic rings. The summed E-state index contributed by atoms with van der Waals surface area (Å²) in [6.45, 7) is 10.2. The fraction of sp³-hybridized carbons (Fsp3) is 1.00. The molecule has 0 aliphatic heterocycles. The number of nitrogens with two attached hydrogens (primary N) is 1. The van der Waals surface area contributed by atoms with Crippen LogP contribution in [0.4, 0.5) is 0 Å². The third-order valence-corrected chi connectivity index (χ3v) is 1.05. The molecule has 0 aromatic rings. The van der Waals surface area contributed by atoms with Gasteiger partial charge in [0.15, 0.2) is 0 Å². The molecule has 0 unspecified atom stereocenters. The van der Waals surface area contributed by atoms with E-state index in [9.17, 15) is 0 Å². The summed E-state index contributed by atoms with van der Waals surface area (Å²) in [5.41, 5.74) is 5.44. The maximum Gasteiger partial charge on any atom is 0.00334 e. The average Bonchev–Trinajstić information content (AvgIpc) is 1.72. The van der Waals surface area contributed by atoms with Crippen molar-refractivity contribution < 1.29 is 0 Å². The highest BCUT2D eigenvalue weighted by Crippen LogP contribution is 1.93. The quantitative estimate of drug-likeness (QED) is 0.558. The maximum absolute atomic E-state index is 5.44. The number of hydrogen-bond acceptors (Lipinski definition) is 1. The normalized spacial score (nSPS) is 12.4. The summed E-state index contributed by atoms with van der Waals surface area (Å²) in [5, 5.41) is 0. The van der Waals surface area contributed by atoms with Crippen LogP contribution >= 0.6 is 0 Å². The molecule has 1 atom stereocenters. The highest BCUT2D eigenvalue weighted by atomic mass is 14.6. The topological polar surface area (TPSA) is 26.0 Å². The lowest BCUT2D eigenvalue weighted by molar-refractivity contribution is 0.529. The van der Waals surface area contributed by atoms with Gasteiger partial charge in [-0.3, -0.25) is 0 Å². The molecule has 1 heteroatoms. The van der Waals surface area contributed by atoms with Crippen LogP contribution in [0.2, 0.25) is 0 Å². The molecule has 0 bridgehead atoms. The zero-order chi connectivity index (χ0) is 7.15. The molecule has 0 saturated heterocycles. The van der Waals surface area contributed by atoms with Crippen molar-refractivity contribution in [2.24, 2.45) is 11.7 Å². The molecule has 0 aromatic carbocycles. The molecule has 0 radical (unpaired) electrons. The lowest BCUT2D eigenvalue weighted by atomic mass is 10.1. The molecular weight excluding hydrogens is 98.1 g/mol. The first-order valence-corrected chi connectivity index (χ1v) is 3.40. The van der Waals surface area contributed by atoms with Crippen molar-refractivity contribution in [3.05, 3.63) is 0 Å². The van der Waals surface area contributed by atoms with Gasteiger partial charge in [-0.2, -0.15) is 0 Å². The highest BCUT2D eigenvalue weighted by molar-refractivity contribution is 4.55. The van der Waals surface area contributed by atoms with E-state index in [0.29, 0.717) is 12.0 Å². The molecule has 0 rings (SSSR count). The van der Waals surface area contributed by atoms with Crippen LogP contribution in [0.1, 0.15) is 34.6 Å². The minimum absolute atomic E-state index is 0.352. The summed E-state index contributed by atoms with van der Waals surface area (Å²) >= 11 is 0. The van der Waals surface area contributed by atoms with Gasteiger partial charge in [-0.15, -0.1) is 0 Å². The zero-order valence-electron chi connectivity index (χ0n) is 6.73. The zero-order valence-corrected chi connectivity index (χ0v) is 6.73. The molecule has 0 fully saturated rings.